The summed E-state index contributed by atoms with van der Waals surface area (Å²) in [6.45, 7) is 4.09. The Balaban J connectivity index is 3.05. The van der Waals surface area contributed by atoms with Crippen molar-refractivity contribution >= 4 is 15.9 Å². The molecular weight excluding hydrogens is 245 g/mol. The summed E-state index contributed by atoms with van der Waals surface area (Å²) in [6.07, 6.45) is 0.946. The minimum atomic E-state index is -0.240. The highest BCUT2D eigenvalue weighted by Gasteiger charge is 2.19. The zero-order chi connectivity index (χ0) is 10.7. The molecule has 0 aromatic heterocycles. The van der Waals surface area contributed by atoms with Crippen LogP contribution < -0.4 is 5.73 Å². The maximum Gasteiger partial charge on any atom is 0.129 e. The lowest BCUT2D eigenvalue weighted by Crippen LogP contribution is -2.20. The molecule has 3 heteroatoms. The minimum Gasteiger partial charge on any atom is -0.324 e. The zero-order valence-corrected chi connectivity index (χ0v) is 10.0. The Morgan fingerprint density at radius 3 is 2.64 bits per heavy atom. The number of hydrogen-bond acceptors (Lipinski definition) is 1. The zero-order valence-electron chi connectivity index (χ0n) is 8.43. The van der Waals surface area contributed by atoms with Crippen LogP contribution in [-0.4, -0.2) is 0 Å². The van der Waals surface area contributed by atoms with Crippen molar-refractivity contribution in [2.45, 2.75) is 26.3 Å². The van der Waals surface area contributed by atoms with Gasteiger partial charge in [-0.3, -0.25) is 0 Å². The van der Waals surface area contributed by atoms with Gasteiger partial charge < -0.3 is 5.73 Å². The van der Waals surface area contributed by atoms with E-state index in [0.29, 0.717) is 5.56 Å². The standard InChI is InChI=1S/C11H15BrFN/c1-3-7(2)11(14)10-8(12)5-4-6-9(10)13/h4-7,11H,3,14H2,1-2H3/t7?,11-/m1/s1. The molecule has 0 saturated carbocycles. The van der Waals surface area contributed by atoms with E-state index in [0.717, 1.165) is 10.9 Å². The minimum absolute atomic E-state index is 0.229. The van der Waals surface area contributed by atoms with E-state index in [4.69, 9.17) is 5.73 Å². The van der Waals surface area contributed by atoms with Crippen molar-refractivity contribution in [3.63, 3.8) is 0 Å². The fraction of sp³-hybridized carbons (Fsp3) is 0.455. The summed E-state index contributed by atoms with van der Waals surface area (Å²) in [6, 6.07) is 4.70. The largest absolute Gasteiger partial charge is 0.324 e. The van der Waals surface area contributed by atoms with E-state index in [2.05, 4.69) is 22.9 Å². The Labute approximate surface area is 92.6 Å². The van der Waals surface area contributed by atoms with Gasteiger partial charge in [-0.2, -0.15) is 0 Å². The molecule has 0 amide bonds. The van der Waals surface area contributed by atoms with Crippen molar-refractivity contribution in [1.29, 1.82) is 0 Å². The molecule has 1 unspecified atom stereocenters. The maximum absolute atomic E-state index is 13.5. The van der Waals surface area contributed by atoms with Crippen molar-refractivity contribution in [2.24, 2.45) is 11.7 Å². The summed E-state index contributed by atoms with van der Waals surface area (Å²) in [4.78, 5) is 0. The highest BCUT2D eigenvalue weighted by atomic mass is 79.9. The normalized spacial score (nSPS) is 15.2. The highest BCUT2D eigenvalue weighted by Crippen LogP contribution is 2.30. The Morgan fingerprint density at radius 1 is 1.50 bits per heavy atom. The van der Waals surface area contributed by atoms with Crippen LogP contribution in [0.25, 0.3) is 0 Å². The fourth-order valence-corrected chi connectivity index (χ4v) is 1.97. The van der Waals surface area contributed by atoms with Gasteiger partial charge in [-0.05, 0) is 18.1 Å². The average Bonchev–Trinajstić information content (AvgIpc) is 2.16. The molecule has 0 saturated heterocycles. The van der Waals surface area contributed by atoms with Crippen LogP contribution in [0.2, 0.25) is 0 Å². The third-order valence-electron chi connectivity index (χ3n) is 2.59. The maximum atomic E-state index is 13.5. The van der Waals surface area contributed by atoms with E-state index < -0.39 is 0 Å². The summed E-state index contributed by atoms with van der Waals surface area (Å²) < 4.78 is 14.2. The number of rotatable bonds is 3. The number of hydrogen-bond donors (Lipinski definition) is 1. The first-order valence-corrected chi connectivity index (χ1v) is 5.56. The molecule has 0 heterocycles. The van der Waals surface area contributed by atoms with Crippen molar-refractivity contribution in [2.75, 3.05) is 0 Å². The van der Waals surface area contributed by atoms with Crippen LogP contribution in [0.15, 0.2) is 22.7 Å². The van der Waals surface area contributed by atoms with Crippen molar-refractivity contribution in [3.05, 3.63) is 34.1 Å². The fourth-order valence-electron chi connectivity index (χ4n) is 1.37. The van der Waals surface area contributed by atoms with Crippen LogP contribution in [0.4, 0.5) is 4.39 Å². The number of benzene rings is 1. The van der Waals surface area contributed by atoms with Crippen LogP contribution in [0.3, 0.4) is 0 Å². The van der Waals surface area contributed by atoms with E-state index in [1.165, 1.54) is 6.07 Å². The smallest absolute Gasteiger partial charge is 0.129 e. The van der Waals surface area contributed by atoms with Gasteiger partial charge in [-0.25, -0.2) is 4.39 Å². The molecule has 0 aliphatic carbocycles. The van der Waals surface area contributed by atoms with Gasteiger partial charge in [-0.1, -0.05) is 42.3 Å². The molecule has 2 N–H and O–H groups in total. The van der Waals surface area contributed by atoms with Crippen LogP contribution in [0, 0.1) is 11.7 Å². The molecule has 2 atom stereocenters. The van der Waals surface area contributed by atoms with E-state index in [1.807, 2.05) is 13.0 Å². The second kappa shape index (κ2) is 4.89. The SMILES string of the molecule is CCC(C)[C@@H](N)c1c(F)cccc1Br. The van der Waals surface area contributed by atoms with Crippen LogP contribution >= 0.6 is 15.9 Å². The van der Waals surface area contributed by atoms with Gasteiger partial charge in [0.1, 0.15) is 5.82 Å². The lowest BCUT2D eigenvalue weighted by molar-refractivity contribution is 0.438. The van der Waals surface area contributed by atoms with Gasteiger partial charge in [0.15, 0.2) is 0 Å². The summed E-state index contributed by atoms with van der Waals surface area (Å²) in [5.41, 5.74) is 6.57. The van der Waals surface area contributed by atoms with Crippen molar-refractivity contribution in [3.8, 4) is 0 Å². The quantitative estimate of drug-likeness (QED) is 0.882. The molecule has 0 fully saturated rings. The second-order valence-electron chi connectivity index (χ2n) is 3.55. The Morgan fingerprint density at radius 2 is 2.14 bits per heavy atom. The molecule has 1 aromatic rings. The molecule has 0 radical (unpaired) electrons. The molecule has 0 aliphatic heterocycles. The Bertz CT molecular complexity index is 294. The first-order chi connectivity index (χ1) is 6.57. The Kier molecular flexibility index (Phi) is 4.08. The topological polar surface area (TPSA) is 26.0 Å². The third kappa shape index (κ3) is 2.34. The first-order valence-electron chi connectivity index (χ1n) is 4.77. The number of halogens is 2. The molecule has 0 aliphatic rings. The molecule has 78 valence electrons. The van der Waals surface area contributed by atoms with Crippen LogP contribution in [0.1, 0.15) is 31.9 Å². The summed E-state index contributed by atoms with van der Waals surface area (Å²) in [7, 11) is 0. The lowest BCUT2D eigenvalue weighted by Gasteiger charge is -2.20. The van der Waals surface area contributed by atoms with Crippen molar-refractivity contribution < 1.29 is 4.39 Å². The van der Waals surface area contributed by atoms with E-state index in [1.54, 1.807) is 6.07 Å². The Hall–Kier alpha value is -0.410. The van der Waals surface area contributed by atoms with Crippen LogP contribution in [0.5, 0.6) is 0 Å². The second-order valence-corrected chi connectivity index (χ2v) is 4.40. The summed E-state index contributed by atoms with van der Waals surface area (Å²) in [5.74, 6) is 0.0513. The summed E-state index contributed by atoms with van der Waals surface area (Å²) in [5, 5.41) is 0. The average molecular weight is 260 g/mol. The predicted octanol–water partition coefficient (Wildman–Crippen LogP) is 3.63. The van der Waals surface area contributed by atoms with Gasteiger partial charge in [-0.15, -0.1) is 0 Å². The molecule has 0 spiro atoms. The lowest BCUT2D eigenvalue weighted by atomic mass is 9.93. The summed E-state index contributed by atoms with van der Waals surface area (Å²) >= 11 is 3.33. The van der Waals surface area contributed by atoms with Crippen molar-refractivity contribution in [1.82, 2.24) is 0 Å². The number of nitrogens with two attached hydrogens (primary N) is 1. The van der Waals surface area contributed by atoms with Gasteiger partial charge >= 0.3 is 0 Å². The van der Waals surface area contributed by atoms with E-state index >= 15 is 0 Å². The van der Waals surface area contributed by atoms with Gasteiger partial charge in [0.2, 0.25) is 0 Å². The predicted molar refractivity (Wildman–Crippen MR) is 60.5 cm³/mol. The van der Waals surface area contributed by atoms with Gasteiger partial charge in [0.05, 0.1) is 0 Å². The molecular formula is C11H15BrFN. The first kappa shape index (κ1) is 11.7. The van der Waals surface area contributed by atoms with E-state index in [-0.39, 0.29) is 17.8 Å². The van der Waals surface area contributed by atoms with E-state index in [9.17, 15) is 4.39 Å². The third-order valence-corrected chi connectivity index (χ3v) is 3.28. The monoisotopic (exact) mass is 259 g/mol. The van der Waals surface area contributed by atoms with Crippen LogP contribution in [-0.2, 0) is 0 Å². The molecule has 0 bridgehead atoms. The molecule has 14 heavy (non-hydrogen) atoms. The molecule has 1 rings (SSSR count). The highest BCUT2D eigenvalue weighted by molar-refractivity contribution is 9.10. The van der Waals surface area contributed by atoms with Gasteiger partial charge in [0, 0.05) is 16.1 Å². The molecule has 1 aromatic carbocycles. The van der Waals surface area contributed by atoms with Gasteiger partial charge in [0.25, 0.3) is 0 Å². The molecule has 1 nitrogen and oxygen atoms in total.